The van der Waals surface area contributed by atoms with Crippen LogP contribution in [0.4, 0.5) is 14.0 Å². The molecule has 0 spiro atoms. The molecule has 1 amide bonds. The summed E-state index contributed by atoms with van der Waals surface area (Å²) in [5.74, 6) is -2.47. The Balaban J connectivity index is 2.18. The van der Waals surface area contributed by atoms with Crippen molar-refractivity contribution in [3.63, 3.8) is 0 Å². The lowest BCUT2D eigenvalue weighted by Crippen LogP contribution is -2.26. The van der Waals surface area contributed by atoms with Gasteiger partial charge >= 0.3 is 10.2 Å². The molecule has 1 saturated heterocycles. The maximum absolute atomic E-state index is 13.4. The minimum atomic E-state index is -4.63. The molecule has 8 heteroatoms. The van der Waals surface area contributed by atoms with Gasteiger partial charge in [0.15, 0.2) is 5.82 Å². The molecule has 1 fully saturated rings. The van der Waals surface area contributed by atoms with E-state index >= 15 is 0 Å². The molecule has 0 N–H and O–H groups in total. The van der Waals surface area contributed by atoms with Gasteiger partial charge in [-0.2, -0.15) is 8.42 Å². The number of aromatic nitrogens is 1. The number of amides is 1. The SMILES string of the molecule is O=C1CC(CS(=O)(=O)F)CN1c1ccncc1F. The van der Waals surface area contributed by atoms with E-state index in [0.717, 1.165) is 11.1 Å². The Hall–Kier alpha value is -1.57. The summed E-state index contributed by atoms with van der Waals surface area (Å²) in [6.07, 6.45) is 2.18. The van der Waals surface area contributed by atoms with Crippen molar-refractivity contribution < 1.29 is 21.5 Å². The third-order valence-corrected chi connectivity index (χ3v) is 3.55. The summed E-state index contributed by atoms with van der Waals surface area (Å²) in [4.78, 5) is 16.3. The van der Waals surface area contributed by atoms with Crippen molar-refractivity contribution in [1.82, 2.24) is 4.98 Å². The molecular formula is C10H10F2N2O3S. The third-order valence-electron chi connectivity index (χ3n) is 2.68. The van der Waals surface area contributed by atoms with Gasteiger partial charge in [-0.3, -0.25) is 9.78 Å². The first-order valence-electron chi connectivity index (χ1n) is 5.19. The molecule has 2 rings (SSSR count). The van der Waals surface area contributed by atoms with Crippen LogP contribution < -0.4 is 4.90 Å². The fourth-order valence-corrected chi connectivity index (χ4v) is 2.78. The van der Waals surface area contributed by atoms with Gasteiger partial charge in [-0.05, 0) is 6.07 Å². The Morgan fingerprint density at radius 2 is 2.22 bits per heavy atom. The molecule has 0 aromatic carbocycles. The van der Waals surface area contributed by atoms with Crippen molar-refractivity contribution in [2.75, 3.05) is 17.2 Å². The quantitative estimate of drug-likeness (QED) is 0.768. The number of carbonyl (C=O) groups is 1. The van der Waals surface area contributed by atoms with Crippen LogP contribution in [0.25, 0.3) is 0 Å². The normalized spacial score (nSPS) is 20.4. The van der Waals surface area contributed by atoms with Crippen LogP contribution in [0, 0.1) is 11.7 Å². The highest BCUT2D eigenvalue weighted by atomic mass is 32.3. The summed E-state index contributed by atoms with van der Waals surface area (Å²) in [6.45, 7) is -0.0110. The molecular weight excluding hydrogens is 266 g/mol. The summed E-state index contributed by atoms with van der Waals surface area (Å²) in [5.41, 5.74) is 0.0359. The molecule has 98 valence electrons. The number of hydrogen-bond acceptors (Lipinski definition) is 4. The number of hydrogen-bond donors (Lipinski definition) is 0. The van der Waals surface area contributed by atoms with Gasteiger partial charge in [0, 0.05) is 25.1 Å². The summed E-state index contributed by atoms with van der Waals surface area (Å²) in [6, 6.07) is 1.32. The smallest absolute Gasteiger partial charge is 0.302 e. The predicted molar refractivity (Wildman–Crippen MR) is 59.5 cm³/mol. The van der Waals surface area contributed by atoms with E-state index in [1.165, 1.54) is 12.3 Å². The zero-order valence-corrected chi connectivity index (χ0v) is 10.0. The molecule has 0 bridgehead atoms. The van der Waals surface area contributed by atoms with Crippen molar-refractivity contribution in [3.8, 4) is 0 Å². The summed E-state index contributed by atoms with van der Waals surface area (Å²) in [7, 11) is -4.63. The third kappa shape index (κ3) is 2.81. The number of rotatable bonds is 3. The van der Waals surface area contributed by atoms with Crippen LogP contribution in [0.15, 0.2) is 18.5 Å². The topological polar surface area (TPSA) is 67.3 Å². The van der Waals surface area contributed by atoms with E-state index < -0.39 is 33.6 Å². The second-order valence-electron chi connectivity index (χ2n) is 4.11. The molecule has 5 nitrogen and oxygen atoms in total. The number of halogens is 2. The second kappa shape index (κ2) is 4.60. The lowest BCUT2D eigenvalue weighted by molar-refractivity contribution is -0.117. The molecule has 1 aliphatic heterocycles. The van der Waals surface area contributed by atoms with E-state index in [0.29, 0.717) is 0 Å². The number of nitrogens with zero attached hydrogens (tertiary/aromatic N) is 2. The van der Waals surface area contributed by atoms with E-state index in [4.69, 9.17) is 0 Å². The van der Waals surface area contributed by atoms with Crippen LogP contribution >= 0.6 is 0 Å². The highest BCUT2D eigenvalue weighted by Crippen LogP contribution is 2.27. The van der Waals surface area contributed by atoms with Crippen LogP contribution in [-0.2, 0) is 15.0 Å². The lowest BCUT2D eigenvalue weighted by Gasteiger charge is -2.16. The Morgan fingerprint density at radius 1 is 1.50 bits per heavy atom. The van der Waals surface area contributed by atoms with Gasteiger partial charge in [0.25, 0.3) is 0 Å². The van der Waals surface area contributed by atoms with E-state index in [1.807, 2.05) is 0 Å². The lowest BCUT2D eigenvalue weighted by atomic mass is 10.1. The van der Waals surface area contributed by atoms with Gasteiger partial charge in [0.2, 0.25) is 5.91 Å². The zero-order valence-electron chi connectivity index (χ0n) is 9.21. The van der Waals surface area contributed by atoms with Gasteiger partial charge in [-0.1, -0.05) is 0 Å². The van der Waals surface area contributed by atoms with Crippen LogP contribution in [-0.4, -0.2) is 31.6 Å². The molecule has 1 unspecified atom stereocenters. The van der Waals surface area contributed by atoms with E-state index in [2.05, 4.69) is 4.98 Å². The van der Waals surface area contributed by atoms with Crippen LogP contribution in [0.2, 0.25) is 0 Å². The molecule has 2 heterocycles. The zero-order chi connectivity index (χ0) is 13.3. The predicted octanol–water partition coefficient (Wildman–Crippen LogP) is 0.873. The van der Waals surface area contributed by atoms with Gasteiger partial charge < -0.3 is 4.90 Å². The first-order chi connectivity index (χ1) is 8.37. The van der Waals surface area contributed by atoms with Crippen LogP contribution in [0.3, 0.4) is 0 Å². The maximum atomic E-state index is 13.4. The average molecular weight is 276 g/mol. The Bertz CT molecular complexity index is 576. The Kier molecular flexibility index (Phi) is 3.29. The average Bonchev–Trinajstić information content (AvgIpc) is 2.57. The standard InChI is InChI=1S/C10H10F2N2O3S/c11-8-4-13-2-1-9(8)14-5-7(3-10(14)15)6-18(12,16)17/h1-2,4,7H,3,5-6H2. The second-order valence-corrected chi connectivity index (χ2v) is 5.52. The monoisotopic (exact) mass is 276 g/mol. The first-order valence-corrected chi connectivity index (χ1v) is 6.74. The number of carbonyl (C=O) groups excluding carboxylic acids is 1. The minimum Gasteiger partial charge on any atom is -0.309 e. The molecule has 1 aliphatic rings. The minimum absolute atomic E-state index is 0.0110. The van der Waals surface area contributed by atoms with Crippen molar-refractivity contribution >= 4 is 21.8 Å². The van der Waals surface area contributed by atoms with E-state index in [9.17, 15) is 21.5 Å². The van der Waals surface area contributed by atoms with Crippen molar-refractivity contribution in [2.45, 2.75) is 6.42 Å². The van der Waals surface area contributed by atoms with E-state index in [1.54, 1.807) is 0 Å². The van der Waals surface area contributed by atoms with Crippen LogP contribution in [0.1, 0.15) is 6.42 Å². The Labute approximate surface area is 103 Å². The fraction of sp³-hybridized carbons (Fsp3) is 0.400. The Morgan fingerprint density at radius 3 is 2.83 bits per heavy atom. The highest BCUT2D eigenvalue weighted by Gasteiger charge is 2.34. The fourth-order valence-electron chi connectivity index (χ4n) is 1.99. The molecule has 0 radical (unpaired) electrons. The number of pyridine rings is 1. The summed E-state index contributed by atoms with van der Waals surface area (Å²) in [5, 5.41) is 0. The van der Waals surface area contributed by atoms with Crippen LogP contribution in [0.5, 0.6) is 0 Å². The molecule has 0 saturated carbocycles. The van der Waals surface area contributed by atoms with Gasteiger partial charge in [0.05, 0.1) is 17.6 Å². The molecule has 1 aromatic rings. The van der Waals surface area contributed by atoms with E-state index in [-0.39, 0.29) is 18.7 Å². The largest absolute Gasteiger partial charge is 0.309 e. The first kappa shape index (κ1) is 12.9. The highest BCUT2D eigenvalue weighted by molar-refractivity contribution is 7.86. The maximum Gasteiger partial charge on any atom is 0.302 e. The van der Waals surface area contributed by atoms with Crippen molar-refractivity contribution in [2.24, 2.45) is 5.92 Å². The summed E-state index contributed by atoms with van der Waals surface area (Å²) >= 11 is 0. The van der Waals surface area contributed by atoms with Gasteiger partial charge in [-0.15, -0.1) is 3.89 Å². The van der Waals surface area contributed by atoms with Crippen molar-refractivity contribution in [1.29, 1.82) is 0 Å². The number of anilines is 1. The summed E-state index contributed by atoms with van der Waals surface area (Å²) < 4.78 is 47.0. The van der Waals surface area contributed by atoms with Crippen molar-refractivity contribution in [3.05, 3.63) is 24.3 Å². The molecule has 0 aliphatic carbocycles. The molecule has 1 atom stereocenters. The van der Waals surface area contributed by atoms with Gasteiger partial charge in [0.1, 0.15) is 0 Å². The van der Waals surface area contributed by atoms with Gasteiger partial charge in [-0.25, -0.2) is 4.39 Å². The molecule has 1 aromatic heterocycles. The molecule has 18 heavy (non-hydrogen) atoms.